The first-order valence-electron chi connectivity index (χ1n) is 10.7. The molecule has 4 aromatic rings. The molecule has 0 atom stereocenters. The highest BCUT2D eigenvalue weighted by atomic mass is 35.5. The SMILES string of the molecule is COc1ccc(C(=O)Oc2ccc3ccccc3c2C=NNC(=O)C(=O)Nc2ccc(Cl)cc2)cc1. The molecule has 36 heavy (non-hydrogen) atoms. The fraction of sp³-hybridized carbons (Fsp3) is 0.0370. The third-order valence-electron chi connectivity index (χ3n) is 5.13. The van der Waals surface area contributed by atoms with Gasteiger partial charge in [-0.15, -0.1) is 0 Å². The summed E-state index contributed by atoms with van der Waals surface area (Å²) in [6.07, 6.45) is 1.33. The fourth-order valence-corrected chi connectivity index (χ4v) is 3.44. The molecule has 0 aliphatic rings. The summed E-state index contributed by atoms with van der Waals surface area (Å²) in [6, 6.07) is 23.7. The number of esters is 1. The number of hydrazone groups is 1. The van der Waals surface area contributed by atoms with Crippen molar-refractivity contribution in [1.82, 2.24) is 5.43 Å². The van der Waals surface area contributed by atoms with Gasteiger partial charge in [0.2, 0.25) is 0 Å². The van der Waals surface area contributed by atoms with Crippen molar-refractivity contribution in [3.63, 3.8) is 0 Å². The topological polar surface area (TPSA) is 106 Å². The molecule has 4 aromatic carbocycles. The Balaban J connectivity index is 1.52. The Morgan fingerprint density at radius 3 is 2.31 bits per heavy atom. The number of hydrogen-bond acceptors (Lipinski definition) is 6. The highest BCUT2D eigenvalue weighted by Crippen LogP contribution is 2.27. The molecule has 0 saturated heterocycles. The number of amides is 2. The van der Waals surface area contributed by atoms with Gasteiger partial charge in [0, 0.05) is 16.3 Å². The van der Waals surface area contributed by atoms with E-state index in [2.05, 4.69) is 15.8 Å². The second-order valence-corrected chi connectivity index (χ2v) is 7.91. The highest BCUT2D eigenvalue weighted by Gasteiger charge is 2.15. The molecule has 2 N–H and O–H groups in total. The molecule has 180 valence electrons. The van der Waals surface area contributed by atoms with Crippen LogP contribution in [-0.2, 0) is 9.59 Å². The van der Waals surface area contributed by atoms with Crippen molar-refractivity contribution in [2.45, 2.75) is 0 Å². The number of fused-ring (bicyclic) bond motifs is 1. The van der Waals surface area contributed by atoms with Crippen LogP contribution in [0.15, 0.2) is 90.0 Å². The van der Waals surface area contributed by atoms with Crippen LogP contribution >= 0.6 is 11.6 Å². The number of hydrogen-bond donors (Lipinski definition) is 2. The van der Waals surface area contributed by atoms with Gasteiger partial charge in [0.25, 0.3) is 0 Å². The standard InChI is InChI=1S/C27H20ClN3O5/c1-35-21-13-6-18(7-14-21)27(34)36-24-15-8-17-4-2-3-5-22(17)23(24)16-29-31-26(33)25(32)30-20-11-9-19(28)10-12-20/h2-16H,1H3,(H,30,32)(H,31,33). The number of carbonyl (C=O) groups excluding carboxylic acids is 3. The van der Waals surface area contributed by atoms with Crippen LogP contribution < -0.4 is 20.2 Å². The van der Waals surface area contributed by atoms with Crippen LogP contribution in [0.5, 0.6) is 11.5 Å². The molecule has 0 aromatic heterocycles. The van der Waals surface area contributed by atoms with Crippen LogP contribution in [0.4, 0.5) is 5.69 Å². The van der Waals surface area contributed by atoms with Gasteiger partial charge >= 0.3 is 17.8 Å². The molecule has 0 radical (unpaired) electrons. The maximum Gasteiger partial charge on any atom is 0.343 e. The Morgan fingerprint density at radius 1 is 0.861 bits per heavy atom. The summed E-state index contributed by atoms with van der Waals surface area (Å²) in [5.74, 6) is -1.61. The quantitative estimate of drug-likeness (QED) is 0.130. The molecule has 0 aliphatic heterocycles. The van der Waals surface area contributed by atoms with Gasteiger partial charge in [-0.3, -0.25) is 9.59 Å². The molecule has 2 amide bonds. The van der Waals surface area contributed by atoms with Crippen molar-refractivity contribution in [1.29, 1.82) is 0 Å². The van der Waals surface area contributed by atoms with E-state index in [1.165, 1.54) is 13.3 Å². The third-order valence-corrected chi connectivity index (χ3v) is 5.38. The van der Waals surface area contributed by atoms with E-state index >= 15 is 0 Å². The zero-order valence-corrected chi connectivity index (χ0v) is 19.8. The molecule has 0 fully saturated rings. The highest BCUT2D eigenvalue weighted by molar-refractivity contribution is 6.39. The van der Waals surface area contributed by atoms with Gasteiger partial charge in [-0.2, -0.15) is 5.10 Å². The lowest BCUT2D eigenvalue weighted by Crippen LogP contribution is -2.32. The van der Waals surface area contributed by atoms with Gasteiger partial charge in [-0.05, 0) is 65.4 Å². The van der Waals surface area contributed by atoms with Crippen LogP contribution in [0.2, 0.25) is 5.02 Å². The van der Waals surface area contributed by atoms with Crippen LogP contribution in [0.1, 0.15) is 15.9 Å². The second-order valence-electron chi connectivity index (χ2n) is 7.48. The molecule has 4 rings (SSSR count). The number of methoxy groups -OCH3 is 1. The Kier molecular flexibility index (Phi) is 7.57. The first-order valence-corrected chi connectivity index (χ1v) is 11.1. The number of benzene rings is 4. The van der Waals surface area contributed by atoms with E-state index in [9.17, 15) is 14.4 Å². The Labute approximate surface area is 211 Å². The maximum atomic E-state index is 12.7. The molecule has 0 bridgehead atoms. The van der Waals surface area contributed by atoms with Crippen LogP contribution in [-0.4, -0.2) is 31.1 Å². The average Bonchev–Trinajstić information content (AvgIpc) is 2.90. The van der Waals surface area contributed by atoms with Crippen molar-refractivity contribution in [3.05, 3.63) is 101 Å². The van der Waals surface area contributed by atoms with Crippen LogP contribution in [0.3, 0.4) is 0 Å². The maximum absolute atomic E-state index is 12.7. The second kappa shape index (κ2) is 11.2. The summed E-state index contributed by atoms with van der Waals surface area (Å²) in [7, 11) is 1.54. The fourth-order valence-electron chi connectivity index (χ4n) is 3.31. The molecule has 0 saturated carbocycles. The number of carbonyl (C=O) groups is 3. The molecule has 8 nitrogen and oxygen atoms in total. The Hall–Kier alpha value is -4.69. The number of nitrogens with zero attached hydrogens (tertiary/aromatic N) is 1. The van der Waals surface area contributed by atoms with Gasteiger partial charge in [0.1, 0.15) is 11.5 Å². The van der Waals surface area contributed by atoms with Crippen molar-refractivity contribution in [3.8, 4) is 11.5 Å². The summed E-state index contributed by atoms with van der Waals surface area (Å²) in [6.45, 7) is 0. The summed E-state index contributed by atoms with van der Waals surface area (Å²) in [5, 5.41) is 8.47. The lowest BCUT2D eigenvalue weighted by molar-refractivity contribution is -0.136. The predicted octanol–water partition coefficient (Wildman–Crippen LogP) is 4.81. The van der Waals surface area contributed by atoms with E-state index < -0.39 is 17.8 Å². The van der Waals surface area contributed by atoms with E-state index in [1.807, 2.05) is 24.3 Å². The number of rotatable bonds is 6. The monoisotopic (exact) mass is 501 g/mol. The first kappa shape index (κ1) is 24.4. The predicted molar refractivity (Wildman–Crippen MR) is 138 cm³/mol. The molecule has 0 spiro atoms. The van der Waals surface area contributed by atoms with Crippen molar-refractivity contribution < 1.29 is 23.9 Å². The van der Waals surface area contributed by atoms with E-state index in [4.69, 9.17) is 21.1 Å². The number of nitrogens with one attached hydrogen (secondary N) is 2. The molecular formula is C27H20ClN3O5. The lowest BCUT2D eigenvalue weighted by atomic mass is 10.0. The van der Waals surface area contributed by atoms with Gasteiger partial charge in [-0.25, -0.2) is 10.2 Å². The molecule has 0 unspecified atom stereocenters. The van der Waals surface area contributed by atoms with E-state index in [-0.39, 0.29) is 5.75 Å². The molecule has 0 heterocycles. The zero-order valence-electron chi connectivity index (χ0n) is 19.0. The zero-order chi connectivity index (χ0) is 25.5. The number of ether oxygens (including phenoxy) is 2. The van der Waals surface area contributed by atoms with Crippen molar-refractivity contribution >= 4 is 52.1 Å². The molecule has 9 heteroatoms. The third kappa shape index (κ3) is 5.86. The summed E-state index contributed by atoms with van der Waals surface area (Å²) < 4.78 is 10.7. The minimum absolute atomic E-state index is 0.234. The Morgan fingerprint density at radius 2 is 1.58 bits per heavy atom. The minimum atomic E-state index is -0.974. The summed E-state index contributed by atoms with van der Waals surface area (Å²) in [4.78, 5) is 37.1. The van der Waals surface area contributed by atoms with Crippen molar-refractivity contribution in [2.75, 3.05) is 12.4 Å². The van der Waals surface area contributed by atoms with Gasteiger partial charge in [-0.1, -0.05) is 41.9 Å². The smallest absolute Gasteiger partial charge is 0.343 e. The molecule has 0 aliphatic carbocycles. The van der Waals surface area contributed by atoms with Gasteiger partial charge in [0.15, 0.2) is 0 Å². The number of anilines is 1. The minimum Gasteiger partial charge on any atom is -0.497 e. The van der Waals surface area contributed by atoms with E-state index in [1.54, 1.807) is 60.7 Å². The van der Waals surface area contributed by atoms with Gasteiger partial charge < -0.3 is 14.8 Å². The summed E-state index contributed by atoms with van der Waals surface area (Å²) in [5.41, 5.74) is 3.38. The largest absolute Gasteiger partial charge is 0.497 e. The first-order chi connectivity index (χ1) is 17.4. The average molecular weight is 502 g/mol. The normalized spacial score (nSPS) is 10.7. The lowest BCUT2D eigenvalue weighted by Gasteiger charge is -2.11. The van der Waals surface area contributed by atoms with Gasteiger partial charge in [0.05, 0.1) is 18.9 Å². The van der Waals surface area contributed by atoms with E-state index in [0.29, 0.717) is 27.6 Å². The van der Waals surface area contributed by atoms with E-state index in [0.717, 1.165) is 10.8 Å². The van der Waals surface area contributed by atoms with Crippen LogP contribution in [0, 0.1) is 0 Å². The summed E-state index contributed by atoms with van der Waals surface area (Å²) >= 11 is 5.82. The number of halogens is 1. The van der Waals surface area contributed by atoms with Crippen molar-refractivity contribution in [2.24, 2.45) is 5.10 Å². The molecular weight excluding hydrogens is 482 g/mol. The Bertz CT molecular complexity index is 1450. The van der Waals surface area contributed by atoms with Crippen LogP contribution in [0.25, 0.3) is 10.8 Å².